The van der Waals surface area contributed by atoms with Crippen LogP contribution in [0.3, 0.4) is 0 Å². The van der Waals surface area contributed by atoms with Crippen molar-refractivity contribution in [3.63, 3.8) is 0 Å². The van der Waals surface area contributed by atoms with Gasteiger partial charge in [0.05, 0.1) is 11.6 Å². The molecular formula is C34H49N3O6. The van der Waals surface area contributed by atoms with E-state index in [0.717, 1.165) is 57.8 Å². The summed E-state index contributed by atoms with van der Waals surface area (Å²) >= 11 is 0. The highest BCUT2D eigenvalue weighted by atomic mass is 16.5. The van der Waals surface area contributed by atoms with Crippen LogP contribution in [0, 0.1) is 45.8 Å². The topological polar surface area (TPSA) is 102 Å². The highest BCUT2D eigenvalue weighted by Crippen LogP contribution is 2.74. The van der Waals surface area contributed by atoms with Gasteiger partial charge in [-0.05, 0) is 109 Å². The zero-order chi connectivity index (χ0) is 30.9. The van der Waals surface area contributed by atoms with Crippen LogP contribution in [0.2, 0.25) is 0 Å². The number of fused-ring (bicyclic) bond motifs is 7. The second kappa shape index (κ2) is 9.23. The number of rotatable bonds is 5. The maximum Gasteiger partial charge on any atom is 0.347 e. The lowest BCUT2D eigenvalue weighted by molar-refractivity contribution is -0.182. The second-order valence-corrected chi connectivity index (χ2v) is 16.0. The molecule has 10 unspecified atom stereocenters. The fraction of sp³-hybridized carbons (Fsp3) is 0.824. The summed E-state index contributed by atoms with van der Waals surface area (Å²) in [6.45, 7) is 14.1. The van der Waals surface area contributed by atoms with Crippen LogP contribution in [0.25, 0.3) is 0 Å². The summed E-state index contributed by atoms with van der Waals surface area (Å²) in [6, 6.07) is -0.183. The molecule has 1 aromatic heterocycles. The molecule has 7 rings (SSSR count). The molecule has 0 amide bonds. The molecule has 0 saturated heterocycles. The number of hydrogen-bond acceptors (Lipinski definition) is 6. The van der Waals surface area contributed by atoms with Crippen LogP contribution in [0.15, 0.2) is 20.7 Å². The van der Waals surface area contributed by atoms with E-state index in [2.05, 4.69) is 34.6 Å². The number of ether oxygens (including phenoxy) is 2. The molecule has 1 aromatic rings. The van der Waals surface area contributed by atoms with Gasteiger partial charge >= 0.3 is 17.3 Å². The molecule has 43 heavy (non-hydrogen) atoms. The summed E-state index contributed by atoms with van der Waals surface area (Å²) in [5, 5.41) is 0. The van der Waals surface area contributed by atoms with Crippen LogP contribution >= 0.6 is 0 Å². The number of nitrogens with zero attached hydrogens (tertiary/aromatic N) is 3. The Morgan fingerprint density at radius 1 is 1.02 bits per heavy atom. The zero-order valence-corrected chi connectivity index (χ0v) is 27.0. The number of carbonyl (C=O) groups is 2. The van der Waals surface area contributed by atoms with Crippen LogP contribution < -0.4 is 11.4 Å². The smallest absolute Gasteiger partial charge is 0.347 e. The summed E-state index contributed by atoms with van der Waals surface area (Å²) in [5.74, 6) is 1.27. The predicted octanol–water partition coefficient (Wildman–Crippen LogP) is 4.72. The third-order valence-electron chi connectivity index (χ3n) is 14.3. The van der Waals surface area contributed by atoms with Crippen molar-refractivity contribution < 1.29 is 19.1 Å². The van der Waals surface area contributed by atoms with Crippen LogP contribution in [0.5, 0.6) is 0 Å². The summed E-state index contributed by atoms with van der Waals surface area (Å²) in [5.41, 5.74) is 1.45. The molecule has 1 aliphatic heterocycles. The van der Waals surface area contributed by atoms with E-state index >= 15 is 0 Å². The Hall–Kier alpha value is -2.58. The third-order valence-corrected chi connectivity index (χ3v) is 14.3. The molecule has 0 spiro atoms. The number of aromatic nitrogens is 3. The number of allylic oxidation sites excluding steroid dienone is 1. The second-order valence-electron chi connectivity index (χ2n) is 16.0. The third kappa shape index (κ3) is 3.40. The number of esters is 1. The molecule has 0 aromatic carbocycles. The molecule has 0 bridgehead atoms. The molecule has 236 valence electrons. The van der Waals surface area contributed by atoms with E-state index < -0.39 is 5.54 Å². The number of carbonyl (C=O) groups excluding carboxylic acids is 2. The Bertz CT molecular complexity index is 1530. The van der Waals surface area contributed by atoms with Crippen LogP contribution in [0.4, 0.5) is 0 Å². The lowest BCUT2D eigenvalue weighted by Crippen LogP contribution is -2.64. The quantitative estimate of drug-likeness (QED) is 0.278. The van der Waals surface area contributed by atoms with E-state index in [1.807, 2.05) is 9.36 Å². The molecular weight excluding hydrogens is 546 g/mol. The van der Waals surface area contributed by atoms with Gasteiger partial charge in [0.1, 0.15) is 12.7 Å². The van der Waals surface area contributed by atoms with Crippen LogP contribution in [0.1, 0.15) is 105 Å². The minimum Gasteiger partial charge on any atom is -0.467 e. The van der Waals surface area contributed by atoms with Gasteiger partial charge in [-0.15, -0.1) is 0 Å². The van der Waals surface area contributed by atoms with E-state index in [1.54, 1.807) is 7.05 Å². The van der Waals surface area contributed by atoms with Gasteiger partial charge in [-0.25, -0.2) is 23.5 Å². The standard InChI is InChI=1S/C34H49N3O6/c1-19(2)34-15-14-33(17-42-18-38)13-9-23-27(28(33)34)24(36-29(40)35(7)30(41)37(34)36)16-26-31(5)12-10-25(43-21(4)39)20(3)22(31)8-11-32(23,26)6/h18-20,22-26H,8-17H2,1-7H3. The average molecular weight is 596 g/mol. The van der Waals surface area contributed by atoms with E-state index in [1.165, 1.54) is 22.6 Å². The van der Waals surface area contributed by atoms with Crippen molar-refractivity contribution in [1.82, 2.24) is 13.9 Å². The van der Waals surface area contributed by atoms with Crippen LogP contribution in [-0.4, -0.2) is 39.1 Å². The maximum atomic E-state index is 14.1. The summed E-state index contributed by atoms with van der Waals surface area (Å²) < 4.78 is 16.5. The molecule has 0 radical (unpaired) electrons. The Kier molecular flexibility index (Phi) is 6.25. The van der Waals surface area contributed by atoms with Crippen molar-refractivity contribution in [2.24, 2.45) is 52.9 Å². The van der Waals surface area contributed by atoms with Crippen molar-refractivity contribution in [2.75, 3.05) is 6.61 Å². The highest BCUT2D eigenvalue weighted by molar-refractivity contribution is 5.66. The normalized spacial score (nSPS) is 44.3. The van der Waals surface area contributed by atoms with Crippen molar-refractivity contribution in [1.29, 1.82) is 0 Å². The summed E-state index contributed by atoms with van der Waals surface area (Å²) in [6.07, 6.45) is 8.41. The van der Waals surface area contributed by atoms with Gasteiger partial charge in [0.2, 0.25) is 0 Å². The Labute approximate surface area is 254 Å². The van der Waals surface area contributed by atoms with Gasteiger partial charge < -0.3 is 9.47 Å². The molecule has 10 atom stereocenters. The minimum atomic E-state index is -0.602. The lowest BCUT2D eigenvalue weighted by Gasteiger charge is -2.68. The Morgan fingerprint density at radius 3 is 2.42 bits per heavy atom. The molecule has 4 saturated carbocycles. The molecule has 9 heteroatoms. The van der Waals surface area contributed by atoms with Gasteiger partial charge in [-0.1, -0.05) is 34.6 Å². The van der Waals surface area contributed by atoms with Crippen molar-refractivity contribution >= 4 is 12.4 Å². The van der Waals surface area contributed by atoms with E-state index in [0.29, 0.717) is 30.8 Å². The maximum absolute atomic E-state index is 14.1. The van der Waals surface area contributed by atoms with Gasteiger partial charge in [-0.3, -0.25) is 9.59 Å². The van der Waals surface area contributed by atoms with Crippen LogP contribution in [-0.2, 0) is 31.6 Å². The molecule has 4 fully saturated rings. The van der Waals surface area contributed by atoms with Gasteiger partial charge in [-0.2, -0.15) is 0 Å². The summed E-state index contributed by atoms with van der Waals surface area (Å²) in [7, 11) is 1.62. The SMILES string of the molecule is CC(=O)OC1CCC2(C)C(CCC3(C)C4CCC5(COC=O)CCC6(C(C)C)C5=C4C(CC32)n2c(=O)n(C)c(=O)n26)C1C. The molecule has 0 N–H and O–H groups in total. The molecule has 2 heterocycles. The average Bonchev–Trinajstić information content (AvgIpc) is 3.42. The first-order valence-electron chi connectivity index (χ1n) is 16.7. The first-order chi connectivity index (χ1) is 20.3. The molecule has 5 aliphatic carbocycles. The minimum absolute atomic E-state index is 0.0419. The Morgan fingerprint density at radius 2 is 1.74 bits per heavy atom. The fourth-order valence-corrected chi connectivity index (χ4v) is 12.5. The van der Waals surface area contributed by atoms with Crippen molar-refractivity contribution in [3.05, 3.63) is 32.1 Å². The zero-order valence-electron chi connectivity index (χ0n) is 27.0. The molecule has 9 nitrogen and oxygen atoms in total. The largest absolute Gasteiger partial charge is 0.467 e. The van der Waals surface area contributed by atoms with Gasteiger partial charge in [0.25, 0.3) is 6.47 Å². The predicted molar refractivity (Wildman–Crippen MR) is 160 cm³/mol. The molecule has 6 aliphatic rings. The fourth-order valence-electron chi connectivity index (χ4n) is 12.5. The first-order valence-corrected chi connectivity index (χ1v) is 16.7. The Balaban J connectivity index is 1.44. The van der Waals surface area contributed by atoms with Gasteiger partial charge in [0.15, 0.2) is 0 Å². The van der Waals surface area contributed by atoms with Crippen molar-refractivity contribution in [2.45, 2.75) is 117 Å². The number of hydrogen-bond donors (Lipinski definition) is 0. The van der Waals surface area contributed by atoms with E-state index in [9.17, 15) is 19.2 Å². The summed E-state index contributed by atoms with van der Waals surface area (Å²) in [4.78, 5) is 51.6. The van der Waals surface area contributed by atoms with Crippen molar-refractivity contribution in [3.8, 4) is 0 Å². The van der Waals surface area contributed by atoms with E-state index in [-0.39, 0.29) is 57.6 Å². The van der Waals surface area contributed by atoms with E-state index in [4.69, 9.17) is 9.47 Å². The van der Waals surface area contributed by atoms with Gasteiger partial charge in [0, 0.05) is 19.4 Å². The lowest BCUT2D eigenvalue weighted by atomic mass is 9.38. The monoisotopic (exact) mass is 595 g/mol. The highest BCUT2D eigenvalue weighted by Gasteiger charge is 2.69. The first kappa shape index (κ1) is 29.1.